The highest BCUT2D eigenvalue weighted by atomic mass is 16.5. The lowest BCUT2D eigenvalue weighted by atomic mass is 10.1. The van der Waals surface area contributed by atoms with Gasteiger partial charge in [-0.05, 0) is 17.7 Å². The van der Waals surface area contributed by atoms with E-state index in [1.165, 1.54) is 7.05 Å². The van der Waals surface area contributed by atoms with Crippen LogP contribution in [0.4, 0.5) is 11.8 Å². The first kappa shape index (κ1) is 17.3. The van der Waals surface area contributed by atoms with Crippen LogP contribution in [0.15, 0.2) is 23.6 Å². The average molecular weight is 333 g/mol. The van der Waals surface area contributed by atoms with Gasteiger partial charge < -0.3 is 19.9 Å². The van der Waals surface area contributed by atoms with Crippen LogP contribution in [0.5, 0.6) is 17.2 Å². The van der Waals surface area contributed by atoms with E-state index < -0.39 is 0 Å². The summed E-state index contributed by atoms with van der Waals surface area (Å²) in [5, 5.41) is 3.73. The molecule has 0 aliphatic rings. The van der Waals surface area contributed by atoms with Crippen molar-refractivity contribution >= 4 is 11.8 Å². The average Bonchev–Trinajstić information content (AvgIpc) is 2.61. The van der Waals surface area contributed by atoms with Crippen LogP contribution < -0.4 is 25.0 Å². The number of hydrogen-bond donors (Lipinski definition) is 1. The van der Waals surface area contributed by atoms with E-state index in [-0.39, 0.29) is 11.8 Å². The Labute approximate surface area is 139 Å². The SMILES string of the molecule is COc1cc(Cc2cnc(N(C)N=O)nc2N)cc(OC)c1OC. The minimum Gasteiger partial charge on any atom is -0.493 e. The highest BCUT2D eigenvalue weighted by Crippen LogP contribution is 2.38. The van der Waals surface area contributed by atoms with Crippen molar-refractivity contribution in [3.63, 3.8) is 0 Å². The third kappa shape index (κ3) is 3.45. The topological polar surface area (TPSA) is 112 Å². The predicted molar refractivity (Wildman–Crippen MR) is 89.5 cm³/mol. The number of anilines is 2. The molecule has 9 nitrogen and oxygen atoms in total. The molecule has 0 amide bonds. The van der Waals surface area contributed by atoms with Gasteiger partial charge in [-0.15, -0.1) is 4.91 Å². The molecule has 0 unspecified atom stereocenters. The summed E-state index contributed by atoms with van der Waals surface area (Å²) in [4.78, 5) is 18.7. The number of hydrogen-bond acceptors (Lipinski definition) is 8. The molecule has 2 aromatic rings. The molecule has 0 radical (unpaired) electrons. The van der Waals surface area contributed by atoms with Crippen LogP contribution in [0, 0.1) is 4.91 Å². The quantitative estimate of drug-likeness (QED) is 0.603. The molecule has 0 aliphatic carbocycles. The van der Waals surface area contributed by atoms with Gasteiger partial charge in [-0.2, -0.15) is 9.99 Å². The monoisotopic (exact) mass is 333 g/mol. The fraction of sp³-hybridized carbons (Fsp3) is 0.333. The van der Waals surface area contributed by atoms with Crippen molar-refractivity contribution in [2.45, 2.75) is 6.42 Å². The number of rotatable bonds is 7. The minimum atomic E-state index is 0.135. The van der Waals surface area contributed by atoms with E-state index in [9.17, 15) is 4.91 Å². The number of nitrogens with two attached hydrogens (primary N) is 1. The van der Waals surface area contributed by atoms with Crippen LogP contribution in [0.2, 0.25) is 0 Å². The number of benzene rings is 1. The van der Waals surface area contributed by atoms with Crippen LogP contribution in [-0.2, 0) is 6.42 Å². The maximum atomic E-state index is 10.5. The Morgan fingerprint density at radius 2 is 1.79 bits per heavy atom. The van der Waals surface area contributed by atoms with Crippen LogP contribution in [0.1, 0.15) is 11.1 Å². The molecular formula is C15H19N5O4. The van der Waals surface area contributed by atoms with Gasteiger partial charge in [0.25, 0.3) is 0 Å². The molecule has 128 valence electrons. The first-order valence-corrected chi connectivity index (χ1v) is 7.01. The molecule has 0 spiro atoms. The van der Waals surface area contributed by atoms with Gasteiger partial charge in [0.2, 0.25) is 11.7 Å². The highest BCUT2D eigenvalue weighted by Gasteiger charge is 2.15. The first-order chi connectivity index (χ1) is 11.5. The maximum absolute atomic E-state index is 10.5. The largest absolute Gasteiger partial charge is 0.493 e. The molecule has 1 aromatic carbocycles. The molecule has 0 fully saturated rings. The van der Waals surface area contributed by atoms with Crippen molar-refractivity contribution in [3.8, 4) is 17.2 Å². The van der Waals surface area contributed by atoms with E-state index in [1.54, 1.807) is 27.5 Å². The van der Waals surface area contributed by atoms with Crippen molar-refractivity contribution in [1.82, 2.24) is 9.97 Å². The molecule has 0 bridgehead atoms. The number of ether oxygens (including phenoxy) is 3. The number of nitrogen functional groups attached to an aromatic ring is 1. The zero-order chi connectivity index (χ0) is 17.7. The molecule has 0 saturated carbocycles. The van der Waals surface area contributed by atoms with Crippen molar-refractivity contribution in [2.24, 2.45) is 5.29 Å². The predicted octanol–water partition coefficient (Wildman–Crippen LogP) is 1.79. The van der Waals surface area contributed by atoms with Crippen molar-refractivity contribution in [1.29, 1.82) is 0 Å². The lowest BCUT2D eigenvalue weighted by Crippen LogP contribution is -2.13. The summed E-state index contributed by atoms with van der Waals surface area (Å²) in [5.41, 5.74) is 7.54. The number of methoxy groups -OCH3 is 3. The molecule has 24 heavy (non-hydrogen) atoms. The summed E-state index contributed by atoms with van der Waals surface area (Å²) in [6.07, 6.45) is 2.02. The lowest BCUT2D eigenvalue weighted by molar-refractivity contribution is 0.324. The summed E-state index contributed by atoms with van der Waals surface area (Å²) >= 11 is 0. The van der Waals surface area contributed by atoms with Crippen LogP contribution in [0.3, 0.4) is 0 Å². The Balaban J connectivity index is 2.36. The van der Waals surface area contributed by atoms with E-state index in [0.29, 0.717) is 29.2 Å². The standard InChI is InChI=1S/C15H19N5O4/c1-20(19-21)15-17-8-10(14(16)18-15)5-9-6-11(22-2)13(24-4)12(7-9)23-3/h6-8H,5H2,1-4H3,(H2,16,17,18). The van der Waals surface area contributed by atoms with Crippen molar-refractivity contribution in [2.75, 3.05) is 39.1 Å². The first-order valence-electron chi connectivity index (χ1n) is 7.01. The smallest absolute Gasteiger partial charge is 0.250 e. The Kier molecular flexibility index (Phi) is 5.35. The Morgan fingerprint density at radius 3 is 2.25 bits per heavy atom. The lowest BCUT2D eigenvalue weighted by Gasteiger charge is -2.15. The van der Waals surface area contributed by atoms with Gasteiger partial charge in [0, 0.05) is 25.2 Å². The summed E-state index contributed by atoms with van der Waals surface area (Å²) in [7, 11) is 6.09. The van der Waals surface area contributed by atoms with Gasteiger partial charge in [0.1, 0.15) is 5.82 Å². The normalized spacial score (nSPS) is 10.2. The van der Waals surface area contributed by atoms with Gasteiger partial charge >= 0.3 is 0 Å². The van der Waals surface area contributed by atoms with E-state index in [1.807, 2.05) is 12.1 Å². The number of aromatic nitrogens is 2. The zero-order valence-corrected chi connectivity index (χ0v) is 13.9. The molecule has 0 atom stereocenters. The third-order valence-corrected chi connectivity index (χ3v) is 3.42. The van der Waals surface area contributed by atoms with Crippen LogP contribution in [-0.4, -0.2) is 38.3 Å². The number of nitroso groups, excluding NO2 is 1. The molecule has 0 aliphatic heterocycles. The van der Waals surface area contributed by atoms with Gasteiger partial charge in [-0.25, -0.2) is 4.98 Å². The second-order valence-corrected chi connectivity index (χ2v) is 4.90. The van der Waals surface area contributed by atoms with Gasteiger partial charge in [0.15, 0.2) is 11.5 Å². The summed E-state index contributed by atoms with van der Waals surface area (Å²) in [6.45, 7) is 0. The van der Waals surface area contributed by atoms with E-state index in [4.69, 9.17) is 19.9 Å². The minimum absolute atomic E-state index is 0.135. The van der Waals surface area contributed by atoms with Crippen molar-refractivity contribution < 1.29 is 14.2 Å². The molecule has 2 N–H and O–H groups in total. The molecule has 9 heteroatoms. The Bertz CT molecular complexity index is 713. The van der Waals surface area contributed by atoms with Crippen molar-refractivity contribution in [3.05, 3.63) is 34.4 Å². The van der Waals surface area contributed by atoms with Crippen LogP contribution in [0.25, 0.3) is 0 Å². The summed E-state index contributed by atoms with van der Waals surface area (Å²) in [6, 6.07) is 3.65. The fourth-order valence-electron chi connectivity index (χ4n) is 2.20. The van der Waals surface area contributed by atoms with Gasteiger partial charge in [-0.3, -0.25) is 0 Å². The summed E-state index contributed by atoms with van der Waals surface area (Å²) in [5.74, 6) is 2.02. The van der Waals surface area contributed by atoms with Gasteiger partial charge in [0.05, 0.1) is 26.6 Å². The fourth-order valence-corrected chi connectivity index (χ4v) is 2.20. The van der Waals surface area contributed by atoms with E-state index in [0.717, 1.165) is 10.6 Å². The molecule has 0 saturated heterocycles. The molecule has 2 rings (SSSR count). The highest BCUT2D eigenvalue weighted by molar-refractivity contribution is 5.55. The third-order valence-electron chi connectivity index (χ3n) is 3.42. The second kappa shape index (κ2) is 7.44. The van der Waals surface area contributed by atoms with Gasteiger partial charge in [-0.1, -0.05) is 0 Å². The zero-order valence-electron chi connectivity index (χ0n) is 13.9. The molecule has 1 heterocycles. The molecular weight excluding hydrogens is 314 g/mol. The Hall–Kier alpha value is -3.10. The maximum Gasteiger partial charge on any atom is 0.250 e. The van der Waals surface area contributed by atoms with Crippen LogP contribution >= 0.6 is 0 Å². The number of nitrogens with zero attached hydrogens (tertiary/aromatic N) is 4. The summed E-state index contributed by atoms with van der Waals surface area (Å²) < 4.78 is 16.0. The second-order valence-electron chi connectivity index (χ2n) is 4.90. The van der Waals surface area contributed by atoms with E-state index >= 15 is 0 Å². The molecule has 1 aromatic heterocycles. The Morgan fingerprint density at radius 1 is 1.17 bits per heavy atom. The van der Waals surface area contributed by atoms with E-state index in [2.05, 4.69) is 15.3 Å².